The first-order valence-corrected chi connectivity index (χ1v) is 9.10. The van der Waals surface area contributed by atoms with E-state index in [-0.39, 0.29) is 12.4 Å². The summed E-state index contributed by atoms with van der Waals surface area (Å²) in [6.07, 6.45) is 3.85. The molecular formula is C20H25N3O4. The lowest BCUT2D eigenvalue weighted by Gasteiger charge is -2.26. The number of piperidine rings is 1. The summed E-state index contributed by atoms with van der Waals surface area (Å²) in [6.45, 7) is 3.29. The Hall–Kier alpha value is -2.80. The van der Waals surface area contributed by atoms with Crippen LogP contribution >= 0.6 is 0 Å². The number of rotatable bonds is 7. The smallest absolute Gasteiger partial charge is 0.373 e. The van der Waals surface area contributed by atoms with Crippen molar-refractivity contribution in [3.05, 3.63) is 59.0 Å². The second-order valence-electron chi connectivity index (χ2n) is 6.54. The molecule has 27 heavy (non-hydrogen) atoms. The van der Waals surface area contributed by atoms with Crippen molar-refractivity contribution in [1.29, 1.82) is 0 Å². The van der Waals surface area contributed by atoms with E-state index in [0.717, 1.165) is 25.2 Å². The van der Waals surface area contributed by atoms with E-state index in [1.165, 1.54) is 38.0 Å². The van der Waals surface area contributed by atoms with E-state index in [2.05, 4.69) is 20.9 Å². The van der Waals surface area contributed by atoms with Gasteiger partial charge >= 0.3 is 5.97 Å². The lowest BCUT2D eigenvalue weighted by atomic mass is 10.1. The van der Waals surface area contributed by atoms with Crippen LogP contribution in [0.2, 0.25) is 0 Å². The summed E-state index contributed by atoms with van der Waals surface area (Å²) < 4.78 is 9.90. The second-order valence-corrected chi connectivity index (χ2v) is 6.54. The van der Waals surface area contributed by atoms with Crippen LogP contribution in [0.1, 0.15) is 46.7 Å². The molecule has 2 aromatic rings. The number of nitrogens with two attached hydrogens (primary N) is 1. The molecule has 0 saturated carbocycles. The van der Waals surface area contributed by atoms with Gasteiger partial charge in [-0.1, -0.05) is 29.8 Å². The molecule has 144 valence electrons. The van der Waals surface area contributed by atoms with Gasteiger partial charge in [0.1, 0.15) is 5.76 Å². The van der Waals surface area contributed by atoms with Crippen LogP contribution in [0.25, 0.3) is 0 Å². The normalized spacial score (nSPS) is 15.5. The Morgan fingerprint density at radius 2 is 2.04 bits per heavy atom. The van der Waals surface area contributed by atoms with Crippen molar-refractivity contribution in [2.45, 2.75) is 32.4 Å². The van der Waals surface area contributed by atoms with Gasteiger partial charge in [-0.15, -0.1) is 0 Å². The van der Waals surface area contributed by atoms with Gasteiger partial charge in [0.05, 0.1) is 7.11 Å². The van der Waals surface area contributed by atoms with Gasteiger partial charge in [-0.3, -0.25) is 4.90 Å². The molecule has 0 unspecified atom stereocenters. The number of hydrogen-bond acceptors (Lipinski definition) is 6. The van der Waals surface area contributed by atoms with Gasteiger partial charge < -0.3 is 19.7 Å². The predicted octanol–water partition coefficient (Wildman–Crippen LogP) is 2.89. The zero-order valence-electron chi connectivity index (χ0n) is 15.5. The summed E-state index contributed by atoms with van der Waals surface area (Å²) >= 11 is 0. The number of nitrogens with zero attached hydrogens (tertiary/aromatic N) is 2. The largest absolute Gasteiger partial charge is 0.463 e. The maximum absolute atomic E-state index is 11.4. The molecule has 1 aliphatic rings. The van der Waals surface area contributed by atoms with Crippen LogP contribution in [0, 0.1) is 0 Å². The Balaban J connectivity index is 1.56. The van der Waals surface area contributed by atoms with Gasteiger partial charge in [0.2, 0.25) is 5.76 Å². The topological polar surface area (TPSA) is 90.3 Å². The van der Waals surface area contributed by atoms with Crippen LogP contribution in [0.15, 0.2) is 46.0 Å². The fourth-order valence-corrected chi connectivity index (χ4v) is 3.09. The van der Waals surface area contributed by atoms with Gasteiger partial charge in [-0.25, -0.2) is 4.79 Å². The Morgan fingerprint density at radius 1 is 1.22 bits per heavy atom. The van der Waals surface area contributed by atoms with Gasteiger partial charge in [0.15, 0.2) is 12.4 Å². The molecule has 1 aromatic carbocycles. The second kappa shape index (κ2) is 9.23. The first kappa shape index (κ1) is 19.0. The number of benzene rings is 1. The Bertz CT molecular complexity index is 794. The molecule has 1 saturated heterocycles. The number of ether oxygens (including phenoxy) is 1. The molecule has 7 nitrogen and oxygen atoms in total. The molecule has 2 heterocycles. The highest BCUT2D eigenvalue weighted by atomic mass is 16.6. The molecule has 3 rings (SSSR count). The van der Waals surface area contributed by atoms with Crippen molar-refractivity contribution in [1.82, 2.24) is 4.90 Å². The SMILES string of the molecule is COC(=O)c1ccc(CO/N=C(/N)c2cccc(CN3CCCCC3)c2)o1. The Morgan fingerprint density at radius 3 is 2.81 bits per heavy atom. The maximum atomic E-state index is 11.4. The minimum absolute atomic E-state index is 0.0746. The van der Waals surface area contributed by atoms with Crippen molar-refractivity contribution in [2.24, 2.45) is 10.9 Å². The van der Waals surface area contributed by atoms with Crippen LogP contribution < -0.4 is 5.73 Å². The molecule has 0 spiro atoms. The van der Waals surface area contributed by atoms with Crippen LogP contribution in [-0.2, 0) is 22.7 Å². The first-order chi connectivity index (χ1) is 13.2. The summed E-state index contributed by atoms with van der Waals surface area (Å²) in [5.41, 5.74) is 8.07. The van der Waals surface area contributed by atoms with Gasteiger partial charge in [-0.2, -0.15) is 0 Å². The number of hydrogen-bond donors (Lipinski definition) is 1. The number of esters is 1. The van der Waals surface area contributed by atoms with E-state index in [1.54, 1.807) is 6.07 Å². The summed E-state index contributed by atoms with van der Waals surface area (Å²) in [6, 6.07) is 11.2. The molecule has 0 amide bonds. The standard InChI is InChI=1S/C20H25N3O4/c1-25-20(24)18-9-8-17(27-18)14-26-22-19(21)16-7-5-6-15(12-16)13-23-10-3-2-4-11-23/h5-9,12H,2-4,10-11,13-14H2,1H3,(H2,21,22). The third-order valence-corrected chi connectivity index (χ3v) is 4.50. The van der Waals surface area contributed by atoms with Crippen molar-refractivity contribution in [3.8, 4) is 0 Å². The Labute approximate surface area is 158 Å². The number of likely N-dealkylation sites (tertiary alicyclic amines) is 1. The Kier molecular flexibility index (Phi) is 6.49. The minimum atomic E-state index is -0.533. The lowest BCUT2D eigenvalue weighted by Crippen LogP contribution is -2.29. The van der Waals surface area contributed by atoms with E-state index < -0.39 is 5.97 Å². The van der Waals surface area contributed by atoms with E-state index in [4.69, 9.17) is 15.0 Å². The molecule has 7 heteroatoms. The van der Waals surface area contributed by atoms with Gasteiger partial charge in [-0.05, 0) is 49.7 Å². The number of amidine groups is 1. The van der Waals surface area contributed by atoms with Crippen LogP contribution in [-0.4, -0.2) is 36.9 Å². The molecule has 0 bridgehead atoms. The highest BCUT2D eigenvalue weighted by Crippen LogP contribution is 2.14. The van der Waals surface area contributed by atoms with Crippen molar-refractivity contribution in [3.63, 3.8) is 0 Å². The van der Waals surface area contributed by atoms with Gasteiger partial charge in [0, 0.05) is 12.1 Å². The van der Waals surface area contributed by atoms with E-state index in [1.807, 2.05) is 18.2 Å². The van der Waals surface area contributed by atoms with E-state index >= 15 is 0 Å². The minimum Gasteiger partial charge on any atom is -0.463 e. The first-order valence-electron chi connectivity index (χ1n) is 9.10. The predicted molar refractivity (Wildman–Crippen MR) is 101 cm³/mol. The van der Waals surface area contributed by atoms with Crippen LogP contribution in [0.4, 0.5) is 0 Å². The number of methoxy groups -OCH3 is 1. The van der Waals surface area contributed by atoms with E-state index in [9.17, 15) is 4.79 Å². The molecule has 1 aromatic heterocycles. The molecule has 0 aliphatic carbocycles. The monoisotopic (exact) mass is 371 g/mol. The van der Waals surface area contributed by atoms with Gasteiger partial charge in [0.25, 0.3) is 0 Å². The average molecular weight is 371 g/mol. The number of carbonyl (C=O) groups excluding carboxylic acids is 1. The fraction of sp³-hybridized carbons (Fsp3) is 0.400. The summed E-state index contributed by atoms with van der Waals surface area (Å²) in [4.78, 5) is 19.1. The molecule has 0 atom stereocenters. The zero-order chi connectivity index (χ0) is 19.1. The van der Waals surface area contributed by atoms with Crippen molar-refractivity contribution in [2.75, 3.05) is 20.2 Å². The summed E-state index contributed by atoms with van der Waals surface area (Å²) in [5.74, 6) is 0.356. The van der Waals surface area contributed by atoms with Crippen molar-refractivity contribution >= 4 is 11.8 Å². The highest BCUT2D eigenvalue weighted by molar-refractivity contribution is 5.97. The molecular weight excluding hydrogens is 346 g/mol. The number of carbonyl (C=O) groups is 1. The van der Waals surface area contributed by atoms with Crippen molar-refractivity contribution < 1.29 is 18.8 Å². The third kappa shape index (κ3) is 5.34. The molecule has 1 fully saturated rings. The summed E-state index contributed by atoms with van der Waals surface area (Å²) in [5, 5.41) is 3.96. The number of oxime groups is 1. The van der Waals surface area contributed by atoms with Crippen LogP contribution in [0.3, 0.4) is 0 Å². The molecule has 2 N–H and O–H groups in total. The quantitative estimate of drug-likeness (QED) is 0.348. The average Bonchev–Trinajstić information content (AvgIpc) is 3.17. The summed E-state index contributed by atoms with van der Waals surface area (Å²) in [7, 11) is 1.30. The number of furan rings is 1. The third-order valence-electron chi connectivity index (χ3n) is 4.50. The lowest BCUT2D eigenvalue weighted by molar-refractivity contribution is 0.0553. The highest BCUT2D eigenvalue weighted by Gasteiger charge is 2.12. The molecule has 1 aliphatic heterocycles. The van der Waals surface area contributed by atoms with Crippen LogP contribution in [0.5, 0.6) is 0 Å². The fourth-order valence-electron chi connectivity index (χ4n) is 3.09. The van der Waals surface area contributed by atoms with E-state index in [0.29, 0.717) is 11.6 Å². The molecule has 0 radical (unpaired) electrons. The maximum Gasteiger partial charge on any atom is 0.373 e. The zero-order valence-corrected chi connectivity index (χ0v) is 15.5.